The number of ether oxygens (including phenoxy) is 1. The first kappa shape index (κ1) is 10.4. The lowest BCUT2D eigenvalue weighted by molar-refractivity contribution is 0.363. The molecule has 2 aromatic rings. The lowest BCUT2D eigenvalue weighted by Crippen LogP contribution is -1.99. The molecule has 0 N–H and O–H groups in total. The van der Waals surface area contributed by atoms with Crippen LogP contribution < -0.4 is 4.74 Å². The van der Waals surface area contributed by atoms with Crippen LogP contribution in [0.15, 0.2) is 43.1 Å². The monoisotopic (exact) mass is 215 g/mol. The van der Waals surface area contributed by atoms with Gasteiger partial charge in [0.25, 0.3) is 0 Å². The van der Waals surface area contributed by atoms with Crippen molar-refractivity contribution in [3.63, 3.8) is 0 Å². The molecule has 4 nitrogen and oxygen atoms in total. The van der Waals surface area contributed by atoms with E-state index in [9.17, 15) is 0 Å². The molecule has 0 saturated carbocycles. The molecular formula is C12H13N3O. The fourth-order valence-electron chi connectivity index (χ4n) is 1.38. The minimum atomic E-state index is 0.516. The van der Waals surface area contributed by atoms with Crippen LogP contribution in [0.4, 0.5) is 0 Å². The van der Waals surface area contributed by atoms with Gasteiger partial charge in [0.1, 0.15) is 12.4 Å². The predicted molar refractivity (Wildman–Crippen MR) is 61.8 cm³/mol. The van der Waals surface area contributed by atoms with Crippen LogP contribution in [-0.4, -0.2) is 21.6 Å². The first-order chi connectivity index (χ1) is 7.81. The summed E-state index contributed by atoms with van der Waals surface area (Å²) in [6.07, 6.45) is 3.44. The molecule has 0 unspecified atom stereocenters. The van der Waals surface area contributed by atoms with Gasteiger partial charge in [-0.25, -0.2) is 4.68 Å². The van der Waals surface area contributed by atoms with Gasteiger partial charge in [-0.15, -0.1) is 5.10 Å². The molecule has 1 heterocycles. The van der Waals surface area contributed by atoms with Crippen molar-refractivity contribution in [3.05, 3.63) is 48.8 Å². The highest BCUT2D eigenvalue weighted by Crippen LogP contribution is 2.15. The van der Waals surface area contributed by atoms with Gasteiger partial charge in [0.2, 0.25) is 0 Å². The Morgan fingerprint density at radius 2 is 2.12 bits per heavy atom. The smallest absolute Gasteiger partial charge is 0.119 e. The largest absolute Gasteiger partial charge is 0.490 e. The van der Waals surface area contributed by atoms with Gasteiger partial charge in [-0.3, -0.25) is 0 Å². The summed E-state index contributed by atoms with van der Waals surface area (Å²) < 4.78 is 7.17. The van der Waals surface area contributed by atoms with Crippen molar-refractivity contribution in [2.45, 2.75) is 6.92 Å². The van der Waals surface area contributed by atoms with Crippen LogP contribution in [0.5, 0.6) is 5.75 Å². The van der Waals surface area contributed by atoms with E-state index in [0.29, 0.717) is 6.61 Å². The van der Waals surface area contributed by atoms with Gasteiger partial charge in [-0.05, 0) is 31.2 Å². The maximum Gasteiger partial charge on any atom is 0.119 e. The number of rotatable bonds is 4. The van der Waals surface area contributed by atoms with Crippen molar-refractivity contribution in [2.75, 3.05) is 6.61 Å². The van der Waals surface area contributed by atoms with Crippen LogP contribution in [0, 0.1) is 6.92 Å². The Morgan fingerprint density at radius 3 is 2.69 bits per heavy atom. The summed E-state index contributed by atoms with van der Waals surface area (Å²) in [5, 5.41) is 7.83. The van der Waals surface area contributed by atoms with E-state index in [1.165, 1.54) is 0 Å². The SMILES string of the molecule is C=CCOc1ccc(-n2nncc2C)cc1. The van der Waals surface area contributed by atoms with E-state index in [2.05, 4.69) is 16.9 Å². The van der Waals surface area contributed by atoms with Crippen molar-refractivity contribution in [2.24, 2.45) is 0 Å². The zero-order chi connectivity index (χ0) is 11.4. The molecule has 0 saturated heterocycles. The molecular weight excluding hydrogens is 202 g/mol. The maximum atomic E-state index is 5.39. The number of hydrogen-bond donors (Lipinski definition) is 0. The molecule has 1 aromatic carbocycles. The highest BCUT2D eigenvalue weighted by Gasteiger charge is 2.01. The Labute approximate surface area is 94.2 Å². The fourth-order valence-corrected chi connectivity index (χ4v) is 1.38. The summed E-state index contributed by atoms with van der Waals surface area (Å²) in [7, 11) is 0. The molecule has 0 aliphatic heterocycles. The predicted octanol–water partition coefficient (Wildman–Crippen LogP) is 2.14. The quantitative estimate of drug-likeness (QED) is 0.733. The number of aromatic nitrogens is 3. The third-order valence-corrected chi connectivity index (χ3v) is 2.17. The van der Waals surface area contributed by atoms with Crippen molar-refractivity contribution >= 4 is 0 Å². The Morgan fingerprint density at radius 1 is 1.38 bits per heavy atom. The van der Waals surface area contributed by atoms with Crippen molar-refractivity contribution in [1.82, 2.24) is 15.0 Å². The fraction of sp³-hybridized carbons (Fsp3) is 0.167. The average Bonchev–Trinajstić information content (AvgIpc) is 2.74. The molecule has 4 heteroatoms. The topological polar surface area (TPSA) is 39.9 Å². The Balaban J connectivity index is 2.19. The molecule has 2 rings (SSSR count). The van der Waals surface area contributed by atoms with E-state index in [4.69, 9.17) is 4.74 Å². The van der Waals surface area contributed by atoms with Crippen LogP contribution in [0.3, 0.4) is 0 Å². The molecule has 82 valence electrons. The summed E-state index contributed by atoms with van der Waals surface area (Å²) in [5.74, 6) is 0.821. The average molecular weight is 215 g/mol. The van der Waals surface area contributed by atoms with E-state index < -0.39 is 0 Å². The molecule has 0 bridgehead atoms. The van der Waals surface area contributed by atoms with Gasteiger partial charge >= 0.3 is 0 Å². The first-order valence-electron chi connectivity index (χ1n) is 5.02. The van der Waals surface area contributed by atoms with Crippen LogP contribution in [0.2, 0.25) is 0 Å². The number of hydrogen-bond acceptors (Lipinski definition) is 3. The van der Waals surface area contributed by atoms with Gasteiger partial charge in [-0.1, -0.05) is 17.9 Å². The van der Waals surface area contributed by atoms with Crippen LogP contribution in [0.1, 0.15) is 5.69 Å². The zero-order valence-electron chi connectivity index (χ0n) is 9.13. The highest BCUT2D eigenvalue weighted by molar-refractivity contribution is 5.37. The second-order valence-corrected chi connectivity index (χ2v) is 3.38. The minimum absolute atomic E-state index is 0.516. The molecule has 0 atom stereocenters. The van der Waals surface area contributed by atoms with E-state index >= 15 is 0 Å². The summed E-state index contributed by atoms with van der Waals surface area (Å²) in [5.41, 5.74) is 1.97. The second-order valence-electron chi connectivity index (χ2n) is 3.38. The maximum absolute atomic E-state index is 5.39. The highest BCUT2D eigenvalue weighted by atomic mass is 16.5. The summed E-state index contributed by atoms with van der Waals surface area (Å²) in [6, 6.07) is 7.69. The molecule has 0 fully saturated rings. The van der Waals surface area contributed by atoms with Gasteiger partial charge in [0, 0.05) is 0 Å². The molecule has 16 heavy (non-hydrogen) atoms. The van der Waals surface area contributed by atoms with Crippen molar-refractivity contribution in [3.8, 4) is 11.4 Å². The Bertz CT molecular complexity index is 473. The Kier molecular flexibility index (Phi) is 3.00. The number of benzene rings is 1. The summed E-state index contributed by atoms with van der Waals surface area (Å²) >= 11 is 0. The van der Waals surface area contributed by atoms with E-state index in [0.717, 1.165) is 17.1 Å². The second kappa shape index (κ2) is 4.61. The number of nitrogens with zero attached hydrogens (tertiary/aromatic N) is 3. The van der Waals surface area contributed by atoms with Gasteiger partial charge in [0.05, 0.1) is 17.6 Å². The lowest BCUT2D eigenvalue weighted by Gasteiger charge is -2.05. The van der Waals surface area contributed by atoms with E-state index in [1.807, 2.05) is 31.2 Å². The molecule has 0 radical (unpaired) electrons. The van der Waals surface area contributed by atoms with Gasteiger partial charge < -0.3 is 4.74 Å². The molecule has 0 spiro atoms. The first-order valence-corrected chi connectivity index (χ1v) is 5.02. The lowest BCUT2D eigenvalue weighted by atomic mass is 10.3. The molecule has 1 aromatic heterocycles. The standard InChI is InChI=1S/C12H13N3O/c1-3-8-16-12-6-4-11(5-7-12)15-10(2)9-13-14-15/h3-7,9H,1,8H2,2H3. The van der Waals surface area contributed by atoms with E-state index in [-0.39, 0.29) is 0 Å². The molecule has 0 aliphatic rings. The third kappa shape index (κ3) is 2.11. The minimum Gasteiger partial charge on any atom is -0.490 e. The van der Waals surface area contributed by atoms with Crippen LogP contribution in [0.25, 0.3) is 5.69 Å². The summed E-state index contributed by atoms with van der Waals surface area (Å²) in [6.45, 7) is 6.07. The van der Waals surface area contributed by atoms with Crippen LogP contribution in [-0.2, 0) is 0 Å². The van der Waals surface area contributed by atoms with Gasteiger partial charge in [0.15, 0.2) is 0 Å². The van der Waals surface area contributed by atoms with Crippen LogP contribution >= 0.6 is 0 Å². The van der Waals surface area contributed by atoms with Crippen molar-refractivity contribution < 1.29 is 4.74 Å². The zero-order valence-corrected chi connectivity index (χ0v) is 9.13. The van der Waals surface area contributed by atoms with Gasteiger partial charge in [-0.2, -0.15) is 0 Å². The van der Waals surface area contributed by atoms with E-state index in [1.54, 1.807) is 17.0 Å². The van der Waals surface area contributed by atoms with Crippen molar-refractivity contribution in [1.29, 1.82) is 0 Å². The number of aryl methyl sites for hydroxylation is 1. The molecule has 0 aliphatic carbocycles. The molecule has 0 amide bonds. The Hall–Kier alpha value is -2.10. The normalized spacial score (nSPS) is 10.1. The third-order valence-electron chi connectivity index (χ3n) is 2.17. The summed E-state index contributed by atoms with van der Waals surface area (Å²) in [4.78, 5) is 0.